The molecule has 1 heterocycles. The monoisotopic (exact) mass is 294 g/mol. The molecule has 1 atom stereocenters. The maximum atomic E-state index is 14.2. The highest BCUT2D eigenvalue weighted by Gasteiger charge is 2.21. The lowest BCUT2D eigenvalue weighted by Gasteiger charge is -2.12. The van der Waals surface area contributed by atoms with Crippen LogP contribution in [0.3, 0.4) is 0 Å². The van der Waals surface area contributed by atoms with Gasteiger partial charge in [0.2, 0.25) is 6.54 Å². The van der Waals surface area contributed by atoms with E-state index in [2.05, 4.69) is 9.83 Å². The Hall–Kier alpha value is -2.71. The number of nitrogens with two attached hydrogens (primary N) is 1. The van der Waals surface area contributed by atoms with E-state index in [4.69, 9.17) is 12.3 Å². The summed E-state index contributed by atoms with van der Waals surface area (Å²) in [5.41, 5.74) is 8.52. The van der Waals surface area contributed by atoms with Crippen molar-refractivity contribution in [1.29, 1.82) is 0 Å². The Morgan fingerprint density at radius 2 is 2.00 bits per heavy atom. The average molecular weight is 294 g/mol. The molecule has 5 heteroatoms. The van der Waals surface area contributed by atoms with Gasteiger partial charge in [0, 0.05) is 5.69 Å². The Balaban J connectivity index is 2.43. The quantitative estimate of drug-likeness (QED) is 0.750. The van der Waals surface area contributed by atoms with Crippen LogP contribution in [-0.4, -0.2) is 9.55 Å². The van der Waals surface area contributed by atoms with Crippen molar-refractivity contribution < 1.29 is 4.39 Å². The van der Waals surface area contributed by atoms with Gasteiger partial charge in [-0.05, 0) is 31.2 Å². The zero-order valence-corrected chi connectivity index (χ0v) is 12.1. The van der Waals surface area contributed by atoms with Gasteiger partial charge in [0.15, 0.2) is 0 Å². The van der Waals surface area contributed by atoms with E-state index < -0.39 is 5.82 Å². The maximum Gasteiger partial charge on any atom is 0.244 e. The highest BCUT2D eigenvalue weighted by molar-refractivity contribution is 5.82. The van der Waals surface area contributed by atoms with Crippen molar-refractivity contribution in [3.05, 3.63) is 71.1 Å². The van der Waals surface area contributed by atoms with Crippen molar-refractivity contribution in [1.82, 2.24) is 9.55 Å². The number of hydrogen-bond donors (Lipinski definition) is 1. The molecule has 0 unspecified atom stereocenters. The van der Waals surface area contributed by atoms with Crippen LogP contribution >= 0.6 is 0 Å². The number of fused-ring (bicyclic) bond motifs is 1. The molecule has 0 radical (unpaired) electrons. The van der Waals surface area contributed by atoms with E-state index >= 15 is 0 Å². The molecular formula is C17H15FN4. The number of rotatable bonds is 3. The minimum absolute atomic E-state index is 0.0277. The zero-order valence-electron chi connectivity index (χ0n) is 12.1. The molecule has 1 aromatic heterocycles. The van der Waals surface area contributed by atoms with Crippen molar-refractivity contribution in [3.63, 3.8) is 0 Å². The van der Waals surface area contributed by atoms with Crippen LogP contribution in [0, 0.1) is 12.4 Å². The minimum Gasteiger partial charge on any atom is -0.322 e. The molecular weight excluding hydrogens is 279 g/mol. The molecule has 0 fully saturated rings. The molecule has 0 amide bonds. The predicted molar refractivity (Wildman–Crippen MR) is 83.9 cm³/mol. The lowest BCUT2D eigenvalue weighted by atomic mass is 10.1. The Morgan fingerprint density at radius 3 is 2.64 bits per heavy atom. The predicted octanol–water partition coefficient (Wildman–Crippen LogP) is 3.60. The van der Waals surface area contributed by atoms with Crippen molar-refractivity contribution in [2.24, 2.45) is 5.73 Å². The SMILES string of the molecule is [C-]#[N+]Cc1c(F)ccc2nc([C@H](C)N)n(-c3ccccc3)c12. The number of halogens is 1. The van der Waals surface area contributed by atoms with Gasteiger partial charge in [-0.1, -0.05) is 18.2 Å². The van der Waals surface area contributed by atoms with E-state index in [0.29, 0.717) is 22.4 Å². The van der Waals surface area contributed by atoms with Crippen LogP contribution in [0.5, 0.6) is 0 Å². The van der Waals surface area contributed by atoms with Crippen LogP contribution in [0.2, 0.25) is 0 Å². The van der Waals surface area contributed by atoms with Crippen LogP contribution < -0.4 is 5.73 Å². The third kappa shape index (κ3) is 2.24. The van der Waals surface area contributed by atoms with Gasteiger partial charge in [0.1, 0.15) is 11.6 Å². The first-order valence-electron chi connectivity index (χ1n) is 6.97. The lowest BCUT2D eigenvalue weighted by Crippen LogP contribution is -2.12. The summed E-state index contributed by atoms with van der Waals surface area (Å²) in [5.74, 6) is 0.259. The standard InChI is InChI=1S/C17H15FN4/c1-11(19)17-21-15-9-8-14(18)13(10-20-2)16(15)22(17)12-6-4-3-5-7-12/h3-9,11H,10,19H2,1H3/t11-/m0/s1. The summed E-state index contributed by atoms with van der Waals surface area (Å²) in [6.07, 6.45) is 0. The first-order valence-corrected chi connectivity index (χ1v) is 6.97. The Bertz CT molecular complexity index is 860. The smallest absolute Gasteiger partial charge is 0.244 e. The number of aromatic nitrogens is 2. The fourth-order valence-corrected chi connectivity index (χ4v) is 2.60. The van der Waals surface area contributed by atoms with E-state index in [1.807, 2.05) is 41.8 Å². The molecule has 0 aliphatic carbocycles. The lowest BCUT2D eigenvalue weighted by molar-refractivity contribution is 0.616. The van der Waals surface area contributed by atoms with Crippen LogP contribution in [0.4, 0.5) is 4.39 Å². The van der Waals surface area contributed by atoms with Gasteiger partial charge in [-0.3, -0.25) is 4.57 Å². The summed E-state index contributed by atoms with van der Waals surface area (Å²) < 4.78 is 16.0. The second-order valence-electron chi connectivity index (χ2n) is 5.14. The largest absolute Gasteiger partial charge is 0.322 e. The van der Waals surface area contributed by atoms with Crippen molar-refractivity contribution in [2.45, 2.75) is 19.5 Å². The van der Waals surface area contributed by atoms with E-state index in [1.165, 1.54) is 6.07 Å². The number of imidazole rings is 1. The first-order chi connectivity index (χ1) is 10.6. The zero-order chi connectivity index (χ0) is 15.7. The fraction of sp³-hybridized carbons (Fsp3) is 0.176. The van der Waals surface area contributed by atoms with Gasteiger partial charge in [-0.25, -0.2) is 15.9 Å². The normalized spacial score (nSPS) is 12.3. The van der Waals surface area contributed by atoms with Gasteiger partial charge < -0.3 is 10.6 Å². The van der Waals surface area contributed by atoms with E-state index in [1.54, 1.807) is 6.07 Å². The molecule has 3 rings (SSSR count). The average Bonchev–Trinajstić information content (AvgIpc) is 2.91. The second kappa shape index (κ2) is 5.58. The van der Waals surface area contributed by atoms with Gasteiger partial charge in [-0.2, -0.15) is 0 Å². The minimum atomic E-state index is -0.392. The van der Waals surface area contributed by atoms with Crippen LogP contribution in [-0.2, 0) is 6.54 Å². The molecule has 4 nitrogen and oxygen atoms in total. The van der Waals surface area contributed by atoms with E-state index in [9.17, 15) is 4.39 Å². The molecule has 3 aromatic rings. The summed E-state index contributed by atoms with van der Waals surface area (Å²) >= 11 is 0. The molecule has 0 saturated heterocycles. The maximum absolute atomic E-state index is 14.2. The molecule has 22 heavy (non-hydrogen) atoms. The number of para-hydroxylation sites is 1. The summed E-state index contributed by atoms with van der Waals surface area (Å²) in [5, 5.41) is 0. The molecule has 0 bridgehead atoms. The third-order valence-electron chi connectivity index (χ3n) is 3.55. The molecule has 2 N–H and O–H groups in total. The molecule has 2 aromatic carbocycles. The van der Waals surface area contributed by atoms with Gasteiger partial charge in [0.25, 0.3) is 0 Å². The molecule has 110 valence electrons. The van der Waals surface area contributed by atoms with Crippen molar-refractivity contribution in [2.75, 3.05) is 0 Å². The van der Waals surface area contributed by atoms with Crippen LogP contribution in [0.15, 0.2) is 42.5 Å². The van der Waals surface area contributed by atoms with E-state index in [0.717, 1.165) is 5.69 Å². The molecule has 0 spiro atoms. The van der Waals surface area contributed by atoms with Gasteiger partial charge in [0.05, 0.1) is 22.6 Å². The van der Waals surface area contributed by atoms with Crippen LogP contribution in [0.25, 0.3) is 21.6 Å². The summed E-state index contributed by atoms with van der Waals surface area (Å²) in [6, 6.07) is 12.2. The number of hydrogen-bond acceptors (Lipinski definition) is 2. The molecule has 0 saturated carbocycles. The van der Waals surface area contributed by atoms with Crippen molar-refractivity contribution in [3.8, 4) is 5.69 Å². The Labute approximate surface area is 127 Å². The Kier molecular flexibility index (Phi) is 3.61. The van der Waals surface area contributed by atoms with Gasteiger partial charge >= 0.3 is 0 Å². The van der Waals surface area contributed by atoms with Crippen molar-refractivity contribution >= 4 is 11.0 Å². The van der Waals surface area contributed by atoms with Crippen LogP contribution in [0.1, 0.15) is 24.4 Å². The topological polar surface area (TPSA) is 48.2 Å². The highest BCUT2D eigenvalue weighted by Crippen LogP contribution is 2.29. The highest BCUT2D eigenvalue weighted by atomic mass is 19.1. The number of benzene rings is 2. The van der Waals surface area contributed by atoms with E-state index in [-0.39, 0.29) is 12.6 Å². The number of nitrogens with zero attached hydrogens (tertiary/aromatic N) is 3. The second-order valence-corrected chi connectivity index (χ2v) is 5.14. The third-order valence-corrected chi connectivity index (χ3v) is 3.55. The summed E-state index contributed by atoms with van der Waals surface area (Å²) in [6.45, 7) is 8.89. The fourth-order valence-electron chi connectivity index (χ4n) is 2.60. The molecule has 0 aliphatic heterocycles. The summed E-state index contributed by atoms with van der Waals surface area (Å²) in [7, 11) is 0. The first kappa shape index (κ1) is 14.2. The van der Waals surface area contributed by atoms with Gasteiger partial charge in [-0.15, -0.1) is 0 Å². The molecule has 0 aliphatic rings. The summed E-state index contributed by atoms with van der Waals surface area (Å²) in [4.78, 5) is 7.88. The Morgan fingerprint density at radius 1 is 1.27 bits per heavy atom.